The van der Waals surface area contributed by atoms with E-state index in [1.54, 1.807) is 6.26 Å². The number of nitrogens with one attached hydrogen (secondary N) is 1. The summed E-state index contributed by atoms with van der Waals surface area (Å²) in [5.74, 6) is 1.63. The summed E-state index contributed by atoms with van der Waals surface area (Å²) in [4.78, 5) is 0. The summed E-state index contributed by atoms with van der Waals surface area (Å²) in [5, 5.41) is 3.39. The Morgan fingerprint density at radius 2 is 2.37 bits per heavy atom. The first-order valence-corrected chi connectivity index (χ1v) is 7.21. The maximum Gasteiger partial charge on any atom is 0.123 e. The third-order valence-corrected chi connectivity index (χ3v) is 3.26. The second-order valence-corrected chi connectivity index (χ2v) is 5.54. The molecule has 0 bridgehead atoms. The Morgan fingerprint density at radius 1 is 1.47 bits per heavy atom. The third kappa shape index (κ3) is 4.97. The minimum atomic E-state index is 0.286. The van der Waals surface area contributed by atoms with Gasteiger partial charge >= 0.3 is 0 Å². The minimum absolute atomic E-state index is 0.286. The van der Waals surface area contributed by atoms with Gasteiger partial charge in [-0.15, -0.1) is 0 Å². The highest BCUT2D eigenvalue weighted by Gasteiger charge is 2.16. The molecule has 0 radical (unpaired) electrons. The van der Waals surface area contributed by atoms with Gasteiger partial charge in [0.15, 0.2) is 0 Å². The van der Waals surface area contributed by atoms with Gasteiger partial charge in [-0.3, -0.25) is 0 Å². The predicted octanol–water partition coefficient (Wildman–Crippen LogP) is 2.72. The first kappa shape index (κ1) is 14.6. The van der Waals surface area contributed by atoms with Crippen LogP contribution in [0, 0.1) is 5.92 Å². The van der Waals surface area contributed by atoms with E-state index in [0.29, 0.717) is 19.1 Å². The van der Waals surface area contributed by atoms with Crippen molar-refractivity contribution in [2.24, 2.45) is 5.92 Å². The zero-order valence-electron chi connectivity index (χ0n) is 12.0. The first-order chi connectivity index (χ1) is 9.25. The van der Waals surface area contributed by atoms with E-state index in [1.807, 2.05) is 6.07 Å². The van der Waals surface area contributed by atoms with Crippen LogP contribution in [-0.2, 0) is 22.6 Å². The summed E-state index contributed by atoms with van der Waals surface area (Å²) in [6.07, 6.45) is 4.30. The molecule has 2 rings (SSSR count). The van der Waals surface area contributed by atoms with E-state index in [0.717, 1.165) is 43.9 Å². The molecule has 0 aromatic carbocycles. The monoisotopic (exact) mass is 267 g/mol. The van der Waals surface area contributed by atoms with Crippen molar-refractivity contribution < 1.29 is 13.9 Å². The van der Waals surface area contributed by atoms with Crippen LogP contribution < -0.4 is 5.32 Å². The van der Waals surface area contributed by atoms with Crippen molar-refractivity contribution in [3.05, 3.63) is 23.7 Å². The fourth-order valence-electron chi connectivity index (χ4n) is 2.20. The van der Waals surface area contributed by atoms with Crippen LogP contribution in [0.3, 0.4) is 0 Å². The molecule has 0 amide bonds. The van der Waals surface area contributed by atoms with Gasteiger partial charge in [-0.2, -0.15) is 0 Å². The Kier molecular flexibility index (Phi) is 5.89. The van der Waals surface area contributed by atoms with Crippen molar-refractivity contribution >= 4 is 0 Å². The highest BCUT2D eigenvalue weighted by molar-refractivity contribution is 5.15. The number of hydrogen-bond donors (Lipinski definition) is 1. The van der Waals surface area contributed by atoms with E-state index < -0.39 is 0 Å². The van der Waals surface area contributed by atoms with Crippen molar-refractivity contribution in [2.45, 2.75) is 45.9 Å². The summed E-state index contributed by atoms with van der Waals surface area (Å²) in [7, 11) is 0. The van der Waals surface area contributed by atoms with E-state index >= 15 is 0 Å². The Morgan fingerprint density at radius 3 is 3.11 bits per heavy atom. The molecule has 1 unspecified atom stereocenters. The van der Waals surface area contributed by atoms with Crippen molar-refractivity contribution in [1.82, 2.24) is 5.32 Å². The molecule has 0 saturated carbocycles. The first-order valence-electron chi connectivity index (χ1n) is 7.21. The van der Waals surface area contributed by atoms with Crippen LogP contribution in [0.25, 0.3) is 0 Å². The lowest BCUT2D eigenvalue weighted by Crippen LogP contribution is -2.19. The van der Waals surface area contributed by atoms with Gasteiger partial charge in [-0.25, -0.2) is 0 Å². The van der Waals surface area contributed by atoms with Crippen LogP contribution in [-0.4, -0.2) is 25.9 Å². The summed E-state index contributed by atoms with van der Waals surface area (Å²) < 4.78 is 16.7. The average Bonchev–Trinajstić information content (AvgIpc) is 3.01. The molecule has 108 valence electrons. The molecule has 19 heavy (non-hydrogen) atoms. The second-order valence-electron chi connectivity index (χ2n) is 5.54. The largest absolute Gasteiger partial charge is 0.468 e. The molecular formula is C15H25NO3. The van der Waals surface area contributed by atoms with Gasteiger partial charge < -0.3 is 19.2 Å². The van der Waals surface area contributed by atoms with E-state index in [4.69, 9.17) is 13.9 Å². The molecule has 1 aromatic heterocycles. The van der Waals surface area contributed by atoms with Gasteiger partial charge in [0.05, 0.1) is 32.1 Å². The summed E-state index contributed by atoms with van der Waals surface area (Å²) in [6.45, 7) is 8.32. The molecular weight excluding hydrogens is 242 g/mol. The topological polar surface area (TPSA) is 43.6 Å². The Labute approximate surface area is 115 Å². The molecule has 2 heterocycles. The van der Waals surface area contributed by atoms with Gasteiger partial charge in [0.1, 0.15) is 5.76 Å². The molecule has 4 heteroatoms. The number of hydrogen-bond acceptors (Lipinski definition) is 4. The fraction of sp³-hybridized carbons (Fsp3) is 0.733. The Bertz CT molecular complexity index is 356. The zero-order chi connectivity index (χ0) is 13.5. The molecule has 1 saturated heterocycles. The van der Waals surface area contributed by atoms with Gasteiger partial charge in [-0.1, -0.05) is 13.8 Å². The number of rotatable bonds is 8. The van der Waals surface area contributed by atoms with Crippen LogP contribution in [0.4, 0.5) is 0 Å². The summed E-state index contributed by atoms with van der Waals surface area (Å²) in [6, 6.07) is 1.99. The van der Waals surface area contributed by atoms with Crippen LogP contribution in [0.5, 0.6) is 0 Å². The quantitative estimate of drug-likeness (QED) is 0.786. The predicted molar refractivity (Wildman–Crippen MR) is 73.9 cm³/mol. The van der Waals surface area contributed by atoms with Crippen molar-refractivity contribution in [3.8, 4) is 0 Å². The molecule has 0 aliphatic carbocycles. The smallest absolute Gasteiger partial charge is 0.123 e. The molecule has 1 aliphatic heterocycles. The van der Waals surface area contributed by atoms with Gasteiger partial charge in [0, 0.05) is 12.2 Å². The normalized spacial score (nSPS) is 19.4. The van der Waals surface area contributed by atoms with Crippen molar-refractivity contribution in [1.29, 1.82) is 0 Å². The lowest BCUT2D eigenvalue weighted by molar-refractivity contribution is 0.0102. The van der Waals surface area contributed by atoms with Crippen molar-refractivity contribution in [3.63, 3.8) is 0 Å². The molecule has 1 fully saturated rings. The molecule has 4 nitrogen and oxygen atoms in total. The third-order valence-electron chi connectivity index (χ3n) is 3.26. The number of ether oxygens (including phenoxy) is 2. The molecule has 0 spiro atoms. The maximum atomic E-state index is 5.72. The molecule has 1 aliphatic rings. The van der Waals surface area contributed by atoms with Crippen LogP contribution in [0.2, 0.25) is 0 Å². The average molecular weight is 267 g/mol. The van der Waals surface area contributed by atoms with E-state index in [2.05, 4.69) is 19.2 Å². The van der Waals surface area contributed by atoms with Gasteiger partial charge in [0.2, 0.25) is 0 Å². The Hall–Kier alpha value is -0.840. The highest BCUT2D eigenvalue weighted by atomic mass is 16.5. The fourth-order valence-corrected chi connectivity index (χ4v) is 2.20. The van der Waals surface area contributed by atoms with Crippen LogP contribution in [0.1, 0.15) is 38.0 Å². The SMILES string of the molecule is CC(C)CNCc1occc1COCC1CCCO1. The summed E-state index contributed by atoms with van der Waals surface area (Å²) in [5.41, 5.74) is 1.13. The Balaban J connectivity index is 1.69. The van der Waals surface area contributed by atoms with E-state index in [-0.39, 0.29) is 6.10 Å². The van der Waals surface area contributed by atoms with Crippen LogP contribution >= 0.6 is 0 Å². The lowest BCUT2D eigenvalue weighted by Gasteiger charge is -2.10. The van der Waals surface area contributed by atoms with E-state index in [9.17, 15) is 0 Å². The standard InChI is InChI=1S/C15H25NO3/c1-12(2)8-16-9-15-13(5-7-19-15)10-17-11-14-4-3-6-18-14/h5,7,12,14,16H,3-4,6,8-11H2,1-2H3. The van der Waals surface area contributed by atoms with Crippen molar-refractivity contribution in [2.75, 3.05) is 19.8 Å². The van der Waals surface area contributed by atoms with Crippen LogP contribution in [0.15, 0.2) is 16.7 Å². The minimum Gasteiger partial charge on any atom is -0.468 e. The van der Waals surface area contributed by atoms with E-state index in [1.165, 1.54) is 0 Å². The summed E-state index contributed by atoms with van der Waals surface area (Å²) >= 11 is 0. The van der Waals surface area contributed by atoms with Gasteiger partial charge in [-0.05, 0) is 31.4 Å². The molecule has 1 N–H and O–H groups in total. The molecule has 1 atom stereocenters. The number of furan rings is 1. The highest BCUT2D eigenvalue weighted by Crippen LogP contribution is 2.15. The van der Waals surface area contributed by atoms with Gasteiger partial charge in [0.25, 0.3) is 0 Å². The lowest BCUT2D eigenvalue weighted by atomic mass is 10.2. The molecule has 1 aromatic rings. The zero-order valence-corrected chi connectivity index (χ0v) is 12.0. The second kappa shape index (κ2) is 7.68. The maximum absolute atomic E-state index is 5.72.